The Bertz CT molecular complexity index is 470. The van der Waals surface area contributed by atoms with Gasteiger partial charge in [0, 0.05) is 31.8 Å². The molecule has 18 heavy (non-hydrogen) atoms. The van der Waals surface area contributed by atoms with Crippen molar-refractivity contribution < 1.29 is 13.2 Å². The molecule has 2 aliphatic heterocycles. The zero-order chi connectivity index (χ0) is 13.3. The lowest BCUT2D eigenvalue weighted by Gasteiger charge is -2.31. The van der Waals surface area contributed by atoms with E-state index in [9.17, 15) is 13.2 Å². The van der Waals surface area contributed by atoms with Gasteiger partial charge in [-0.05, 0) is 18.8 Å². The SMILES string of the molecule is CC1CCCN(C(=O)C2=CCN(S(C)(=O)=O)C2)C1. The van der Waals surface area contributed by atoms with E-state index in [4.69, 9.17) is 0 Å². The van der Waals surface area contributed by atoms with Gasteiger partial charge in [0.25, 0.3) is 5.91 Å². The van der Waals surface area contributed by atoms with Crippen LogP contribution in [-0.4, -0.2) is 56.0 Å². The van der Waals surface area contributed by atoms with Crippen LogP contribution in [0.3, 0.4) is 0 Å². The predicted molar refractivity (Wildman–Crippen MR) is 69.5 cm³/mol. The molecule has 102 valence electrons. The molecule has 0 radical (unpaired) electrons. The van der Waals surface area contributed by atoms with Gasteiger partial charge >= 0.3 is 0 Å². The van der Waals surface area contributed by atoms with Gasteiger partial charge in [0.05, 0.1) is 6.26 Å². The molecule has 1 atom stereocenters. The molecule has 1 amide bonds. The first-order valence-corrected chi connectivity index (χ1v) is 8.16. The largest absolute Gasteiger partial charge is 0.339 e. The summed E-state index contributed by atoms with van der Waals surface area (Å²) in [5.74, 6) is 0.545. The van der Waals surface area contributed by atoms with Gasteiger partial charge < -0.3 is 4.90 Å². The van der Waals surface area contributed by atoms with Gasteiger partial charge in [-0.25, -0.2) is 8.42 Å². The lowest BCUT2D eigenvalue weighted by Crippen LogP contribution is -2.41. The van der Waals surface area contributed by atoms with Crippen molar-refractivity contribution in [3.8, 4) is 0 Å². The third-order valence-corrected chi connectivity index (χ3v) is 4.79. The lowest BCUT2D eigenvalue weighted by atomic mass is 9.99. The third-order valence-electron chi connectivity index (χ3n) is 3.58. The molecule has 5 nitrogen and oxygen atoms in total. The smallest absolute Gasteiger partial charge is 0.250 e. The van der Waals surface area contributed by atoms with E-state index in [2.05, 4.69) is 6.92 Å². The summed E-state index contributed by atoms with van der Waals surface area (Å²) in [5.41, 5.74) is 0.620. The predicted octanol–water partition coefficient (Wildman–Crippen LogP) is 0.447. The number of hydrogen-bond donors (Lipinski definition) is 0. The molecule has 0 saturated carbocycles. The maximum atomic E-state index is 12.3. The maximum Gasteiger partial charge on any atom is 0.250 e. The van der Waals surface area contributed by atoms with E-state index in [1.807, 2.05) is 4.90 Å². The first-order chi connectivity index (χ1) is 8.38. The van der Waals surface area contributed by atoms with E-state index in [-0.39, 0.29) is 12.5 Å². The fourth-order valence-corrected chi connectivity index (χ4v) is 3.23. The molecular weight excluding hydrogens is 252 g/mol. The maximum absolute atomic E-state index is 12.3. The van der Waals surface area contributed by atoms with E-state index in [0.29, 0.717) is 18.0 Å². The molecular formula is C12H20N2O3S. The zero-order valence-electron chi connectivity index (χ0n) is 10.9. The second-order valence-electron chi connectivity index (χ2n) is 5.28. The molecule has 6 heteroatoms. The molecule has 0 spiro atoms. The van der Waals surface area contributed by atoms with Crippen LogP contribution >= 0.6 is 0 Å². The van der Waals surface area contributed by atoms with Gasteiger partial charge in [-0.2, -0.15) is 4.31 Å². The average Bonchev–Trinajstić information content (AvgIpc) is 2.77. The van der Waals surface area contributed by atoms with Gasteiger partial charge in [0.1, 0.15) is 0 Å². The van der Waals surface area contributed by atoms with Crippen molar-refractivity contribution >= 4 is 15.9 Å². The summed E-state index contributed by atoms with van der Waals surface area (Å²) in [7, 11) is -3.20. The van der Waals surface area contributed by atoms with Crippen LogP contribution in [-0.2, 0) is 14.8 Å². The molecule has 0 bridgehead atoms. The minimum absolute atomic E-state index is 0.00713. The van der Waals surface area contributed by atoms with E-state index in [1.165, 1.54) is 10.6 Å². The first kappa shape index (κ1) is 13.5. The zero-order valence-corrected chi connectivity index (χ0v) is 11.7. The third kappa shape index (κ3) is 2.92. The number of piperidine rings is 1. The van der Waals surface area contributed by atoms with Gasteiger partial charge in [-0.1, -0.05) is 13.0 Å². The molecule has 0 aromatic carbocycles. The van der Waals surface area contributed by atoms with Crippen LogP contribution in [0, 0.1) is 5.92 Å². The number of sulfonamides is 1. The summed E-state index contributed by atoms with van der Waals surface area (Å²) in [4.78, 5) is 14.1. The van der Waals surface area contributed by atoms with E-state index < -0.39 is 10.0 Å². The molecule has 0 aliphatic carbocycles. The van der Waals surface area contributed by atoms with E-state index >= 15 is 0 Å². The van der Waals surface area contributed by atoms with Crippen molar-refractivity contribution in [1.29, 1.82) is 0 Å². The number of carbonyl (C=O) groups is 1. The van der Waals surface area contributed by atoms with Crippen LogP contribution in [0.25, 0.3) is 0 Å². The highest BCUT2D eigenvalue weighted by atomic mass is 32.2. The second-order valence-corrected chi connectivity index (χ2v) is 7.27. The van der Waals surface area contributed by atoms with Crippen molar-refractivity contribution in [2.24, 2.45) is 5.92 Å². The number of hydrogen-bond acceptors (Lipinski definition) is 3. The van der Waals surface area contributed by atoms with Gasteiger partial charge in [-0.15, -0.1) is 0 Å². The Balaban J connectivity index is 1.99. The monoisotopic (exact) mass is 272 g/mol. The van der Waals surface area contributed by atoms with Crippen LogP contribution in [0.2, 0.25) is 0 Å². The lowest BCUT2D eigenvalue weighted by molar-refractivity contribution is -0.128. The second kappa shape index (κ2) is 5.01. The molecule has 0 aromatic rings. The fraction of sp³-hybridized carbons (Fsp3) is 0.750. The van der Waals surface area contributed by atoms with Crippen LogP contribution < -0.4 is 0 Å². The quantitative estimate of drug-likeness (QED) is 0.733. The Morgan fingerprint density at radius 3 is 2.72 bits per heavy atom. The Hall–Kier alpha value is -0.880. The Kier molecular flexibility index (Phi) is 3.77. The summed E-state index contributed by atoms with van der Waals surface area (Å²) in [6, 6.07) is 0. The van der Waals surface area contributed by atoms with Crippen molar-refractivity contribution in [3.63, 3.8) is 0 Å². The molecule has 1 fully saturated rings. The topological polar surface area (TPSA) is 57.7 Å². The highest BCUT2D eigenvalue weighted by Crippen LogP contribution is 2.20. The van der Waals surface area contributed by atoms with Gasteiger partial charge in [0.15, 0.2) is 0 Å². The molecule has 2 aliphatic rings. The summed E-state index contributed by atoms with van der Waals surface area (Å²) in [6.07, 6.45) is 5.12. The van der Waals surface area contributed by atoms with Crippen molar-refractivity contribution in [2.45, 2.75) is 19.8 Å². The number of rotatable bonds is 2. The minimum Gasteiger partial charge on any atom is -0.339 e. The first-order valence-electron chi connectivity index (χ1n) is 6.31. The van der Waals surface area contributed by atoms with Crippen molar-refractivity contribution in [2.75, 3.05) is 32.4 Å². The standard InChI is InChI=1S/C12H20N2O3S/c1-10-4-3-6-13(8-10)12(15)11-5-7-14(9-11)18(2,16)17/h5,10H,3-4,6-9H2,1-2H3. The van der Waals surface area contributed by atoms with E-state index in [0.717, 1.165) is 25.9 Å². The van der Waals surface area contributed by atoms with Crippen molar-refractivity contribution in [3.05, 3.63) is 11.6 Å². The molecule has 0 N–H and O–H groups in total. The number of nitrogens with zero attached hydrogens (tertiary/aromatic N) is 2. The van der Waals surface area contributed by atoms with Gasteiger partial charge in [-0.3, -0.25) is 4.79 Å². The number of amides is 1. The minimum atomic E-state index is -3.20. The molecule has 2 rings (SSSR count). The van der Waals surface area contributed by atoms with Gasteiger partial charge in [0.2, 0.25) is 10.0 Å². The molecule has 1 saturated heterocycles. The normalized spacial score (nSPS) is 26.2. The summed E-state index contributed by atoms with van der Waals surface area (Å²) < 4.78 is 24.1. The molecule has 2 heterocycles. The van der Waals surface area contributed by atoms with Crippen LogP contribution in [0.5, 0.6) is 0 Å². The Morgan fingerprint density at radius 1 is 1.44 bits per heavy atom. The highest BCUT2D eigenvalue weighted by molar-refractivity contribution is 7.88. The van der Waals surface area contributed by atoms with Crippen LogP contribution in [0.4, 0.5) is 0 Å². The van der Waals surface area contributed by atoms with Crippen molar-refractivity contribution in [1.82, 2.24) is 9.21 Å². The summed E-state index contributed by atoms with van der Waals surface area (Å²) in [5, 5.41) is 0. The molecule has 1 unspecified atom stereocenters. The Labute approximate surface area is 108 Å². The number of likely N-dealkylation sites (tertiary alicyclic amines) is 1. The van der Waals surface area contributed by atoms with Crippen LogP contribution in [0.1, 0.15) is 19.8 Å². The highest BCUT2D eigenvalue weighted by Gasteiger charge is 2.29. The fourth-order valence-electron chi connectivity index (χ4n) is 2.52. The average molecular weight is 272 g/mol. The Morgan fingerprint density at radius 2 is 2.17 bits per heavy atom. The van der Waals surface area contributed by atoms with E-state index in [1.54, 1.807) is 6.08 Å². The summed E-state index contributed by atoms with van der Waals surface area (Å²) >= 11 is 0. The summed E-state index contributed by atoms with van der Waals surface area (Å²) in [6.45, 7) is 4.27. The number of carbonyl (C=O) groups excluding carboxylic acids is 1. The van der Waals surface area contributed by atoms with Crippen LogP contribution in [0.15, 0.2) is 11.6 Å². The molecule has 0 aromatic heterocycles.